The molecule has 0 saturated heterocycles. The van der Waals surface area contributed by atoms with Crippen molar-refractivity contribution in [1.29, 1.82) is 0 Å². The predicted molar refractivity (Wildman–Crippen MR) is 70.2 cm³/mol. The van der Waals surface area contributed by atoms with Crippen LogP contribution in [0.25, 0.3) is 0 Å². The van der Waals surface area contributed by atoms with E-state index in [-0.39, 0.29) is 11.4 Å². The Balaban J connectivity index is 2.25. The molecular formula is C14H9F5N2O. The first-order valence-electron chi connectivity index (χ1n) is 5.91. The topological polar surface area (TPSA) is 55.1 Å². The molecule has 2 aromatic rings. The van der Waals surface area contributed by atoms with Gasteiger partial charge in [-0.2, -0.15) is 13.2 Å². The molecule has 0 aliphatic rings. The summed E-state index contributed by atoms with van der Waals surface area (Å²) in [4.78, 5) is 11.8. The number of rotatable bonds is 2. The number of anilines is 2. The van der Waals surface area contributed by atoms with Gasteiger partial charge in [0.1, 0.15) is 11.6 Å². The molecule has 3 nitrogen and oxygen atoms in total. The molecule has 116 valence electrons. The molecule has 3 N–H and O–H groups in total. The van der Waals surface area contributed by atoms with Crippen LogP contribution in [0.3, 0.4) is 0 Å². The van der Waals surface area contributed by atoms with Crippen LogP contribution in [-0.2, 0) is 6.18 Å². The maximum atomic E-state index is 13.4. The van der Waals surface area contributed by atoms with E-state index in [2.05, 4.69) is 5.32 Å². The van der Waals surface area contributed by atoms with Gasteiger partial charge >= 0.3 is 6.18 Å². The summed E-state index contributed by atoms with van der Waals surface area (Å²) in [7, 11) is 0. The zero-order valence-corrected chi connectivity index (χ0v) is 10.8. The lowest BCUT2D eigenvalue weighted by Crippen LogP contribution is -2.15. The first kappa shape index (κ1) is 15.7. The third-order valence-corrected chi connectivity index (χ3v) is 2.80. The number of nitrogens with one attached hydrogen (secondary N) is 1. The van der Waals surface area contributed by atoms with Crippen molar-refractivity contribution in [3.63, 3.8) is 0 Å². The summed E-state index contributed by atoms with van der Waals surface area (Å²) in [5.74, 6) is -2.91. The molecule has 22 heavy (non-hydrogen) atoms. The van der Waals surface area contributed by atoms with Gasteiger partial charge in [-0.25, -0.2) is 8.78 Å². The zero-order valence-electron chi connectivity index (χ0n) is 10.8. The molecule has 0 aliphatic carbocycles. The molecule has 2 aromatic carbocycles. The average Bonchev–Trinajstić information content (AvgIpc) is 2.39. The van der Waals surface area contributed by atoms with E-state index in [4.69, 9.17) is 5.73 Å². The molecule has 0 bridgehead atoms. The highest BCUT2D eigenvalue weighted by Gasteiger charge is 2.31. The largest absolute Gasteiger partial charge is 0.416 e. The maximum absolute atomic E-state index is 13.4. The minimum atomic E-state index is -4.57. The quantitative estimate of drug-likeness (QED) is 0.654. The summed E-state index contributed by atoms with van der Waals surface area (Å²) in [5.41, 5.74) is 3.57. The minimum Gasteiger partial charge on any atom is -0.397 e. The first-order chi connectivity index (χ1) is 10.2. The lowest BCUT2D eigenvalue weighted by Gasteiger charge is -2.12. The lowest BCUT2D eigenvalue weighted by molar-refractivity contribution is -0.137. The van der Waals surface area contributed by atoms with E-state index in [9.17, 15) is 26.7 Å². The van der Waals surface area contributed by atoms with Crippen LogP contribution in [0, 0.1) is 11.6 Å². The van der Waals surface area contributed by atoms with E-state index in [1.165, 1.54) is 0 Å². The predicted octanol–water partition coefficient (Wildman–Crippen LogP) is 3.82. The summed E-state index contributed by atoms with van der Waals surface area (Å²) in [6.07, 6.45) is -4.57. The number of carbonyl (C=O) groups excluding carboxylic acids is 1. The van der Waals surface area contributed by atoms with Crippen molar-refractivity contribution in [2.24, 2.45) is 0 Å². The fourth-order valence-corrected chi connectivity index (χ4v) is 1.72. The number of hydrogen-bond acceptors (Lipinski definition) is 2. The van der Waals surface area contributed by atoms with Crippen molar-refractivity contribution in [3.05, 3.63) is 59.2 Å². The van der Waals surface area contributed by atoms with Gasteiger partial charge in [-0.3, -0.25) is 4.79 Å². The van der Waals surface area contributed by atoms with Gasteiger partial charge in [-0.05, 0) is 30.3 Å². The number of nitrogens with two attached hydrogens (primary N) is 1. The molecule has 0 heterocycles. The Labute approximate surface area is 121 Å². The van der Waals surface area contributed by atoms with Crippen LogP contribution in [0.1, 0.15) is 15.9 Å². The first-order valence-corrected chi connectivity index (χ1v) is 5.91. The smallest absolute Gasteiger partial charge is 0.397 e. The normalized spacial score (nSPS) is 11.3. The van der Waals surface area contributed by atoms with Gasteiger partial charge in [0, 0.05) is 6.07 Å². The van der Waals surface area contributed by atoms with Crippen LogP contribution in [0.4, 0.5) is 33.3 Å². The lowest BCUT2D eigenvalue weighted by atomic mass is 10.1. The Morgan fingerprint density at radius 3 is 2.27 bits per heavy atom. The summed E-state index contributed by atoms with van der Waals surface area (Å²) in [6, 6.07) is 4.65. The van der Waals surface area contributed by atoms with Gasteiger partial charge < -0.3 is 11.1 Å². The Hall–Kier alpha value is -2.64. The Kier molecular flexibility index (Phi) is 4.03. The van der Waals surface area contributed by atoms with Crippen molar-refractivity contribution in [2.45, 2.75) is 6.18 Å². The number of nitrogen functional groups attached to an aromatic ring is 1. The zero-order chi connectivity index (χ0) is 16.5. The number of hydrogen-bond donors (Lipinski definition) is 2. The fraction of sp³-hybridized carbons (Fsp3) is 0.0714. The van der Waals surface area contributed by atoms with E-state index >= 15 is 0 Å². The van der Waals surface area contributed by atoms with Crippen molar-refractivity contribution in [1.82, 2.24) is 0 Å². The van der Waals surface area contributed by atoms with E-state index in [1.54, 1.807) is 0 Å². The van der Waals surface area contributed by atoms with Crippen LogP contribution in [0.5, 0.6) is 0 Å². The summed E-state index contributed by atoms with van der Waals surface area (Å²) in [5, 5.41) is 2.17. The highest BCUT2D eigenvalue weighted by molar-refractivity contribution is 6.05. The monoisotopic (exact) mass is 316 g/mol. The van der Waals surface area contributed by atoms with E-state index < -0.39 is 34.8 Å². The summed E-state index contributed by atoms with van der Waals surface area (Å²) >= 11 is 0. The second-order valence-corrected chi connectivity index (χ2v) is 4.38. The Morgan fingerprint density at radius 1 is 1.05 bits per heavy atom. The Bertz CT molecular complexity index is 728. The van der Waals surface area contributed by atoms with Crippen LogP contribution < -0.4 is 11.1 Å². The molecule has 0 spiro atoms. The molecule has 0 aromatic heterocycles. The van der Waals surface area contributed by atoms with Crippen LogP contribution in [0.15, 0.2) is 36.4 Å². The molecule has 1 amide bonds. The van der Waals surface area contributed by atoms with Crippen LogP contribution >= 0.6 is 0 Å². The molecule has 2 rings (SSSR count). The van der Waals surface area contributed by atoms with Gasteiger partial charge in [0.15, 0.2) is 0 Å². The van der Waals surface area contributed by atoms with Gasteiger partial charge in [0.05, 0.1) is 22.5 Å². The maximum Gasteiger partial charge on any atom is 0.416 e. The number of benzene rings is 2. The fourth-order valence-electron chi connectivity index (χ4n) is 1.72. The highest BCUT2D eigenvalue weighted by atomic mass is 19.4. The van der Waals surface area contributed by atoms with Crippen molar-refractivity contribution in [2.75, 3.05) is 11.1 Å². The van der Waals surface area contributed by atoms with Crippen molar-refractivity contribution >= 4 is 17.3 Å². The van der Waals surface area contributed by atoms with Gasteiger partial charge in [0.25, 0.3) is 5.91 Å². The Morgan fingerprint density at radius 2 is 1.73 bits per heavy atom. The molecule has 8 heteroatoms. The highest BCUT2D eigenvalue weighted by Crippen LogP contribution is 2.33. The third kappa shape index (κ3) is 3.33. The molecule has 0 fully saturated rings. The molecule has 0 atom stereocenters. The number of carbonyl (C=O) groups is 1. The molecule has 0 saturated carbocycles. The van der Waals surface area contributed by atoms with E-state index in [0.29, 0.717) is 12.1 Å². The molecular weight excluding hydrogens is 307 g/mol. The SMILES string of the molecule is Nc1cc(C(F)(F)F)ccc1NC(=O)c1ccc(F)cc1F. The van der Waals surface area contributed by atoms with Gasteiger partial charge in [0.2, 0.25) is 0 Å². The van der Waals surface area contributed by atoms with E-state index in [1.807, 2.05) is 0 Å². The molecule has 0 unspecified atom stereocenters. The third-order valence-electron chi connectivity index (χ3n) is 2.80. The second kappa shape index (κ2) is 5.63. The average molecular weight is 316 g/mol. The second-order valence-electron chi connectivity index (χ2n) is 4.38. The standard InChI is InChI=1S/C14H9F5N2O/c15-8-2-3-9(10(16)6-8)13(22)21-12-4-1-7(5-11(12)20)14(17,18)19/h1-6H,20H2,(H,21,22). The summed E-state index contributed by atoms with van der Waals surface area (Å²) < 4.78 is 63.7. The van der Waals surface area contributed by atoms with E-state index in [0.717, 1.165) is 24.3 Å². The summed E-state index contributed by atoms with van der Waals surface area (Å²) in [6.45, 7) is 0. The molecule has 0 radical (unpaired) electrons. The van der Waals surface area contributed by atoms with Crippen molar-refractivity contribution < 1.29 is 26.7 Å². The van der Waals surface area contributed by atoms with Crippen LogP contribution in [0.2, 0.25) is 0 Å². The minimum absolute atomic E-state index is 0.110. The van der Waals surface area contributed by atoms with Gasteiger partial charge in [-0.15, -0.1) is 0 Å². The number of amides is 1. The number of alkyl halides is 3. The molecule has 0 aliphatic heterocycles. The van der Waals surface area contributed by atoms with Gasteiger partial charge in [-0.1, -0.05) is 0 Å². The van der Waals surface area contributed by atoms with Crippen LogP contribution in [-0.4, -0.2) is 5.91 Å². The number of halogens is 5. The van der Waals surface area contributed by atoms with Crippen molar-refractivity contribution in [3.8, 4) is 0 Å².